The summed E-state index contributed by atoms with van der Waals surface area (Å²) in [6.45, 7) is 8.42. The van der Waals surface area contributed by atoms with Crippen LogP contribution >= 0.6 is 0 Å². The zero-order valence-electron chi connectivity index (χ0n) is 31.7. The number of para-hydroxylation sites is 2. The number of aryl methyl sites for hydroxylation is 2. The molecule has 284 valence electrons. The fraction of sp³-hybridized carbons (Fsp3) is 0.167. The van der Waals surface area contributed by atoms with Gasteiger partial charge in [0.1, 0.15) is 0 Å². The van der Waals surface area contributed by atoms with Crippen LogP contribution in [0.5, 0.6) is 0 Å². The number of halogens is 6. The molecule has 0 spiro atoms. The van der Waals surface area contributed by atoms with E-state index in [1.54, 1.807) is 12.1 Å². The van der Waals surface area contributed by atoms with Gasteiger partial charge in [-0.15, -0.1) is 0 Å². The molecule has 0 radical (unpaired) electrons. The SMILES string of the molecule is CC1=CC2=C3B(c4cc(C)ccc4N2c2ccccc2-c2ccc(C(F)(F)F)cc2)c2cc(C)ccc2N(c2ccccc2-c2ccc(C(F)(F)F)cc2)C3(C)C1. The maximum absolute atomic E-state index is 13.7. The van der Waals surface area contributed by atoms with Gasteiger partial charge >= 0.3 is 12.4 Å². The highest BCUT2D eigenvalue weighted by molar-refractivity contribution is 6.94. The van der Waals surface area contributed by atoms with Crippen LogP contribution in [0.3, 0.4) is 0 Å². The number of alkyl halides is 6. The van der Waals surface area contributed by atoms with Gasteiger partial charge in [-0.25, -0.2) is 0 Å². The van der Waals surface area contributed by atoms with Crippen LogP contribution in [0.15, 0.2) is 156 Å². The van der Waals surface area contributed by atoms with Gasteiger partial charge in [0.15, 0.2) is 0 Å². The Balaban J connectivity index is 1.32. The van der Waals surface area contributed by atoms with Crippen LogP contribution in [-0.4, -0.2) is 12.3 Å². The van der Waals surface area contributed by atoms with Crippen LogP contribution in [0.4, 0.5) is 49.1 Å². The fourth-order valence-electron chi connectivity index (χ4n) is 9.37. The van der Waals surface area contributed by atoms with Gasteiger partial charge in [-0.2, -0.15) is 26.3 Å². The Bertz CT molecular complexity index is 2640. The Kier molecular flexibility index (Phi) is 8.40. The molecule has 1 atom stereocenters. The molecule has 3 aliphatic rings. The standard InChI is InChI=1S/C48H37BF6N2/c1-29-13-23-42-38(25-29)49-39-26-30(2)14-24-43(39)57(41-12-8-6-10-37(41)33-17-21-35(22-18-33)48(53,54)55)46(4)28-31(3)27-44(45(46)49)56(42)40-11-7-5-9-36(40)32-15-19-34(20-16-32)47(50,51)52/h5-27H,28H2,1-4H3. The van der Waals surface area contributed by atoms with E-state index in [0.29, 0.717) is 17.5 Å². The number of hydrogen-bond acceptors (Lipinski definition) is 2. The Morgan fingerprint density at radius 1 is 0.544 bits per heavy atom. The summed E-state index contributed by atoms with van der Waals surface area (Å²) in [6, 6.07) is 39.5. The molecule has 0 N–H and O–H groups in total. The molecule has 9 heteroatoms. The average molecular weight is 767 g/mol. The van der Waals surface area contributed by atoms with Crippen molar-refractivity contribution in [2.75, 3.05) is 9.80 Å². The first-order valence-corrected chi connectivity index (χ1v) is 18.9. The van der Waals surface area contributed by atoms with Crippen LogP contribution in [0.1, 0.15) is 42.5 Å². The van der Waals surface area contributed by atoms with Crippen LogP contribution in [0, 0.1) is 13.8 Å². The molecular weight excluding hydrogens is 729 g/mol. The van der Waals surface area contributed by atoms with Crippen LogP contribution in [0.2, 0.25) is 0 Å². The summed E-state index contributed by atoms with van der Waals surface area (Å²) in [5.41, 5.74) is 12.3. The first-order valence-electron chi connectivity index (χ1n) is 18.9. The highest BCUT2D eigenvalue weighted by atomic mass is 19.4. The van der Waals surface area contributed by atoms with E-state index in [1.165, 1.54) is 17.6 Å². The van der Waals surface area contributed by atoms with Gasteiger partial charge in [-0.3, -0.25) is 0 Å². The fourth-order valence-corrected chi connectivity index (χ4v) is 9.37. The van der Waals surface area contributed by atoms with Gasteiger partial charge < -0.3 is 9.80 Å². The van der Waals surface area contributed by atoms with Crippen molar-refractivity contribution in [1.29, 1.82) is 0 Å². The maximum Gasteiger partial charge on any atom is 0.416 e. The number of anilines is 4. The number of rotatable bonds is 4. The summed E-state index contributed by atoms with van der Waals surface area (Å²) in [5.74, 6) is 0. The highest BCUT2D eigenvalue weighted by Gasteiger charge is 2.54. The van der Waals surface area contributed by atoms with E-state index in [0.717, 1.165) is 91.5 Å². The van der Waals surface area contributed by atoms with Crippen molar-refractivity contribution in [3.63, 3.8) is 0 Å². The lowest BCUT2D eigenvalue weighted by atomic mass is 9.29. The molecule has 0 fully saturated rings. The number of nitrogens with zero attached hydrogens (tertiary/aromatic N) is 2. The molecule has 0 bridgehead atoms. The Hall–Kier alpha value is -5.96. The molecule has 9 rings (SSSR count). The molecule has 0 saturated heterocycles. The van der Waals surface area contributed by atoms with Gasteiger partial charge in [0.2, 0.25) is 6.71 Å². The van der Waals surface area contributed by atoms with Crippen LogP contribution in [-0.2, 0) is 12.4 Å². The van der Waals surface area contributed by atoms with Crippen molar-refractivity contribution in [1.82, 2.24) is 0 Å². The first kappa shape index (κ1) is 36.7. The zero-order valence-corrected chi connectivity index (χ0v) is 31.7. The summed E-state index contributed by atoms with van der Waals surface area (Å²) in [5, 5.41) is 0. The van der Waals surface area contributed by atoms with Crippen molar-refractivity contribution in [2.24, 2.45) is 0 Å². The van der Waals surface area contributed by atoms with Crippen LogP contribution in [0.25, 0.3) is 22.3 Å². The third-order valence-corrected chi connectivity index (χ3v) is 11.7. The van der Waals surface area contributed by atoms with E-state index < -0.39 is 29.0 Å². The van der Waals surface area contributed by atoms with Crippen molar-refractivity contribution in [3.8, 4) is 22.3 Å². The minimum Gasteiger partial charge on any atom is -0.332 e. The summed E-state index contributed by atoms with van der Waals surface area (Å²) < 4.78 is 82.0. The van der Waals surface area contributed by atoms with E-state index >= 15 is 0 Å². The quantitative estimate of drug-likeness (QED) is 0.130. The second-order valence-corrected chi connectivity index (χ2v) is 15.7. The van der Waals surface area contributed by atoms with Crippen molar-refractivity contribution >= 4 is 40.4 Å². The zero-order chi connectivity index (χ0) is 40.0. The summed E-state index contributed by atoms with van der Waals surface area (Å²) in [7, 11) is 0. The third-order valence-electron chi connectivity index (χ3n) is 11.7. The van der Waals surface area contributed by atoms with Gasteiger partial charge in [0.25, 0.3) is 0 Å². The van der Waals surface area contributed by atoms with Crippen molar-refractivity contribution in [3.05, 3.63) is 179 Å². The maximum atomic E-state index is 13.7. The summed E-state index contributed by atoms with van der Waals surface area (Å²) in [6.07, 6.45) is -5.99. The molecule has 6 aromatic carbocycles. The molecule has 1 aliphatic carbocycles. The molecule has 2 nitrogen and oxygen atoms in total. The number of benzene rings is 6. The molecule has 0 aromatic heterocycles. The average Bonchev–Trinajstić information content (AvgIpc) is 3.17. The van der Waals surface area contributed by atoms with Crippen molar-refractivity contribution in [2.45, 2.75) is 52.0 Å². The third kappa shape index (κ3) is 5.98. The van der Waals surface area contributed by atoms with E-state index in [2.05, 4.69) is 86.0 Å². The Morgan fingerprint density at radius 2 is 1.02 bits per heavy atom. The number of fused-ring (bicyclic) bond motifs is 4. The van der Waals surface area contributed by atoms with E-state index in [1.807, 2.05) is 42.5 Å². The topological polar surface area (TPSA) is 6.48 Å². The normalized spacial score (nSPS) is 17.6. The van der Waals surface area contributed by atoms with Gasteiger partial charge in [-0.1, -0.05) is 102 Å². The molecule has 2 heterocycles. The minimum atomic E-state index is -4.45. The molecular formula is C48H37BF6N2. The number of hydrogen-bond donors (Lipinski definition) is 0. The molecule has 0 saturated carbocycles. The predicted octanol–water partition coefficient (Wildman–Crippen LogP) is 12.5. The van der Waals surface area contributed by atoms with Gasteiger partial charge in [-0.05, 0) is 116 Å². The molecule has 1 unspecified atom stereocenters. The minimum absolute atomic E-state index is 0.136. The second kappa shape index (κ2) is 13.0. The summed E-state index contributed by atoms with van der Waals surface area (Å²) >= 11 is 0. The molecule has 2 aliphatic heterocycles. The molecule has 57 heavy (non-hydrogen) atoms. The van der Waals surface area contributed by atoms with Gasteiger partial charge in [0, 0.05) is 33.9 Å². The second-order valence-electron chi connectivity index (χ2n) is 15.7. The highest BCUT2D eigenvalue weighted by Crippen LogP contribution is 2.54. The van der Waals surface area contributed by atoms with Crippen molar-refractivity contribution < 1.29 is 26.3 Å². The lowest BCUT2D eigenvalue weighted by Crippen LogP contribution is -2.66. The monoisotopic (exact) mass is 766 g/mol. The lowest BCUT2D eigenvalue weighted by Gasteiger charge is -2.56. The van der Waals surface area contributed by atoms with Crippen LogP contribution < -0.4 is 20.7 Å². The Labute approximate surface area is 328 Å². The molecule has 0 amide bonds. The van der Waals surface area contributed by atoms with E-state index in [9.17, 15) is 26.3 Å². The Morgan fingerprint density at radius 3 is 1.56 bits per heavy atom. The van der Waals surface area contributed by atoms with E-state index in [-0.39, 0.29) is 6.71 Å². The van der Waals surface area contributed by atoms with E-state index in [4.69, 9.17) is 0 Å². The predicted molar refractivity (Wildman–Crippen MR) is 219 cm³/mol. The number of allylic oxidation sites excluding steroid dienone is 1. The molecule has 6 aromatic rings. The lowest BCUT2D eigenvalue weighted by molar-refractivity contribution is -0.138. The smallest absolute Gasteiger partial charge is 0.332 e. The largest absolute Gasteiger partial charge is 0.416 e. The first-order chi connectivity index (χ1) is 27.1. The van der Waals surface area contributed by atoms with Gasteiger partial charge in [0.05, 0.1) is 22.4 Å². The summed E-state index contributed by atoms with van der Waals surface area (Å²) in [4.78, 5) is 4.66.